The molecule has 1 amide bonds. The van der Waals surface area contributed by atoms with E-state index in [0.29, 0.717) is 13.0 Å². The number of benzene rings is 1. The number of amides is 1. The van der Waals surface area contributed by atoms with E-state index in [1.165, 1.54) is 0 Å². The van der Waals surface area contributed by atoms with Crippen LogP contribution in [0.25, 0.3) is 10.9 Å². The molecule has 3 N–H and O–H groups in total. The van der Waals surface area contributed by atoms with Crippen LogP contribution >= 0.6 is 0 Å². The molecule has 1 aromatic heterocycles. The Morgan fingerprint density at radius 2 is 2.24 bits per heavy atom. The number of piperidine rings is 1. The molecule has 0 bridgehead atoms. The second-order valence-corrected chi connectivity index (χ2v) is 5.26. The van der Waals surface area contributed by atoms with Gasteiger partial charge in [-0.3, -0.25) is 9.89 Å². The van der Waals surface area contributed by atoms with E-state index in [4.69, 9.17) is 4.74 Å². The molecule has 0 radical (unpaired) electrons. The third kappa shape index (κ3) is 3.59. The first-order valence-electron chi connectivity index (χ1n) is 7.37. The van der Waals surface area contributed by atoms with Crippen LogP contribution in [0, 0.1) is 0 Å². The molecule has 0 spiro atoms. The summed E-state index contributed by atoms with van der Waals surface area (Å²) in [7, 11) is 0. The third-order valence-electron chi connectivity index (χ3n) is 3.72. The minimum atomic E-state index is -0.0361. The molecule has 0 unspecified atom stereocenters. The molecule has 3 rings (SSSR count). The number of fused-ring (bicyclic) bond motifs is 1. The molecule has 0 aliphatic carbocycles. The lowest BCUT2D eigenvalue weighted by Gasteiger charge is -2.22. The summed E-state index contributed by atoms with van der Waals surface area (Å²) in [4.78, 5) is 12.0. The third-order valence-corrected chi connectivity index (χ3v) is 3.72. The van der Waals surface area contributed by atoms with Crippen molar-refractivity contribution < 1.29 is 9.53 Å². The first-order valence-corrected chi connectivity index (χ1v) is 7.37. The second-order valence-electron chi connectivity index (χ2n) is 5.26. The van der Waals surface area contributed by atoms with Crippen molar-refractivity contribution in [3.63, 3.8) is 0 Å². The normalized spacial score (nSPS) is 16.2. The number of ether oxygens (including phenoxy) is 1. The number of aromatic nitrogens is 2. The maximum atomic E-state index is 12.0. The Hall–Kier alpha value is -1.92. The Balaban J connectivity index is 1.48. The number of anilines is 1. The van der Waals surface area contributed by atoms with E-state index >= 15 is 0 Å². The molecule has 6 heteroatoms. The SMILES string of the molecule is O=C(CCOC1CCNCC1)Nc1cccc2cn[nH]c12. The first-order chi connectivity index (χ1) is 10.3. The van der Waals surface area contributed by atoms with Crippen LogP contribution in [0.1, 0.15) is 19.3 Å². The van der Waals surface area contributed by atoms with E-state index in [9.17, 15) is 4.79 Å². The van der Waals surface area contributed by atoms with Crippen LogP contribution in [-0.2, 0) is 9.53 Å². The highest BCUT2D eigenvalue weighted by Crippen LogP contribution is 2.20. The summed E-state index contributed by atoms with van der Waals surface area (Å²) >= 11 is 0. The van der Waals surface area contributed by atoms with Crippen molar-refractivity contribution in [1.29, 1.82) is 0 Å². The van der Waals surface area contributed by atoms with Crippen molar-refractivity contribution in [3.8, 4) is 0 Å². The van der Waals surface area contributed by atoms with Gasteiger partial charge in [-0.05, 0) is 32.0 Å². The van der Waals surface area contributed by atoms with Gasteiger partial charge in [-0.25, -0.2) is 0 Å². The highest BCUT2D eigenvalue weighted by Gasteiger charge is 2.14. The van der Waals surface area contributed by atoms with Gasteiger partial charge >= 0.3 is 0 Å². The van der Waals surface area contributed by atoms with Gasteiger partial charge < -0.3 is 15.4 Å². The van der Waals surface area contributed by atoms with Crippen LogP contribution in [0.15, 0.2) is 24.4 Å². The zero-order chi connectivity index (χ0) is 14.5. The van der Waals surface area contributed by atoms with Gasteiger partial charge in [-0.1, -0.05) is 12.1 Å². The molecule has 1 aliphatic rings. The molecule has 0 atom stereocenters. The standard InChI is InChI=1S/C15H20N4O2/c20-14(6-9-21-12-4-7-16-8-5-12)18-13-3-1-2-11-10-17-19-15(11)13/h1-3,10,12,16H,4-9H2,(H,17,19)(H,18,20). The van der Waals surface area contributed by atoms with E-state index in [1.807, 2.05) is 18.2 Å². The van der Waals surface area contributed by atoms with E-state index in [0.717, 1.165) is 42.5 Å². The van der Waals surface area contributed by atoms with Gasteiger partial charge in [0.05, 0.1) is 36.5 Å². The molecule has 0 saturated carbocycles. The fourth-order valence-corrected chi connectivity index (χ4v) is 2.57. The molecule has 2 heterocycles. The van der Waals surface area contributed by atoms with Crippen molar-refractivity contribution in [2.45, 2.75) is 25.4 Å². The predicted octanol–water partition coefficient (Wildman–Crippen LogP) is 1.66. The number of nitrogens with zero attached hydrogens (tertiary/aromatic N) is 1. The number of H-pyrrole nitrogens is 1. The van der Waals surface area contributed by atoms with Gasteiger partial charge in [0.1, 0.15) is 0 Å². The average Bonchev–Trinajstić information content (AvgIpc) is 2.98. The van der Waals surface area contributed by atoms with Crippen LogP contribution in [-0.4, -0.2) is 41.9 Å². The Labute approximate surface area is 123 Å². The summed E-state index contributed by atoms with van der Waals surface area (Å²) in [5.41, 5.74) is 1.61. The van der Waals surface area contributed by atoms with E-state index < -0.39 is 0 Å². The maximum absolute atomic E-state index is 12.0. The van der Waals surface area contributed by atoms with Gasteiger partial charge in [0, 0.05) is 5.39 Å². The van der Waals surface area contributed by atoms with Crippen LogP contribution in [0.2, 0.25) is 0 Å². The van der Waals surface area contributed by atoms with Crippen molar-refractivity contribution >= 4 is 22.5 Å². The Bertz CT molecular complexity index is 604. The largest absolute Gasteiger partial charge is 0.378 e. The van der Waals surface area contributed by atoms with Gasteiger partial charge in [-0.2, -0.15) is 5.10 Å². The molecular weight excluding hydrogens is 268 g/mol. The number of carbonyl (C=O) groups is 1. The monoisotopic (exact) mass is 288 g/mol. The Morgan fingerprint density at radius 3 is 3.10 bits per heavy atom. The fourth-order valence-electron chi connectivity index (χ4n) is 2.57. The van der Waals surface area contributed by atoms with Gasteiger partial charge in [-0.15, -0.1) is 0 Å². The molecule has 112 valence electrons. The maximum Gasteiger partial charge on any atom is 0.226 e. The number of para-hydroxylation sites is 1. The Kier molecular flexibility index (Phi) is 4.47. The molecule has 1 aliphatic heterocycles. The summed E-state index contributed by atoms with van der Waals surface area (Å²) in [6.07, 6.45) is 4.44. The van der Waals surface area contributed by atoms with Crippen molar-refractivity contribution in [2.24, 2.45) is 0 Å². The topological polar surface area (TPSA) is 79.0 Å². The zero-order valence-electron chi connectivity index (χ0n) is 11.9. The number of carbonyl (C=O) groups excluding carboxylic acids is 1. The molecule has 6 nitrogen and oxygen atoms in total. The number of aromatic amines is 1. The molecule has 21 heavy (non-hydrogen) atoms. The summed E-state index contributed by atoms with van der Waals surface area (Å²) in [6, 6.07) is 5.72. The second kappa shape index (κ2) is 6.69. The van der Waals surface area contributed by atoms with E-state index in [2.05, 4.69) is 20.8 Å². The highest BCUT2D eigenvalue weighted by molar-refractivity contribution is 6.00. The average molecular weight is 288 g/mol. The lowest BCUT2D eigenvalue weighted by Crippen LogP contribution is -2.33. The number of hydrogen-bond acceptors (Lipinski definition) is 4. The van der Waals surface area contributed by atoms with Crippen molar-refractivity contribution in [1.82, 2.24) is 15.5 Å². The van der Waals surface area contributed by atoms with Crippen molar-refractivity contribution in [2.75, 3.05) is 25.0 Å². The molecule has 1 fully saturated rings. The number of nitrogens with one attached hydrogen (secondary N) is 3. The molecular formula is C15H20N4O2. The lowest BCUT2D eigenvalue weighted by atomic mass is 10.1. The van der Waals surface area contributed by atoms with Gasteiger partial charge in [0.15, 0.2) is 0 Å². The van der Waals surface area contributed by atoms with Gasteiger partial charge in [0.25, 0.3) is 0 Å². The quantitative estimate of drug-likeness (QED) is 0.782. The van der Waals surface area contributed by atoms with E-state index in [1.54, 1.807) is 6.20 Å². The summed E-state index contributed by atoms with van der Waals surface area (Å²) in [5.74, 6) is -0.0361. The fraction of sp³-hybridized carbons (Fsp3) is 0.467. The molecule has 1 saturated heterocycles. The van der Waals surface area contributed by atoms with Crippen LogP contribution in [0.3, 0.4) is 0 Å². The summed E-state index contributed by atoms with van der Waals surface area (Å²) < 4.78 is 5.74. The highest BCUT2D eigenvalue weighted by atomic mass is 16.5. The number of hydrogen-bond donors (Lipinski definition) is 3. The van der Waals surface area contributed by atoms with Crippen LogP contribution < -0.4 is 10.6 Å². The van der Waals surface area contributed by atoms with Crippen LogP contribution in [0.4, 0.5) is 5.69 Å². The molecule has 1 aromatic carbocycles. The zero-order valence-corrected chi connectivity index (χ0v) is 11.9. The van der Waals surface area contributed by atoms with Crippen LogP contribution in [0.5, 0.6) is 0 Å². The summed E-state index contributed by atoms with van der Waals surface area (Å²) in [6.45, 7) is 2.47. The lowest BCUT2D eigenvalue weighted by molar-refractivity contribution is -0.117. The number of rotatable bonds is 5. The summed E-state index contributed by atoms with van der Waals surface area (Å²) in [5, 5.41) is 14.1. The minimum Gasteiger partial charge on any atom is -0.378 e. The van der Waals surface area contributed by atoms with Gasteiger partial charge in [0.2, 0.25) is 5.91 Å². The Morgan fingerprint density at radius 1 is 1.38 bits per heavy atom. The molecule has 2 aromatic rings. The van der Waals surface area contributed by atoms with Crippen molar-refractivity contribution in [3.05, 3.63) is 24.4 Å². The minimum absolute atomic E-state index is 0.0361. The van der Waals surface area contributed by atoms with E-state index in [-0.39, 0.29) is 12.0 Å². The first kappa shape index (κ1) is 14.0. The predicted molar refractivity (Wildman–Crippen MR) is 81.2 cm³/mol. The smallest absolute Gasteiger partial charge is 0.226 e.